The first kappa shape index (κ1) is 17.5. The van der Waals surface area contributed by atoms with E-state index in [0.717, 1.165) is 16.9 Å². The quantitative estimate of drug-likeness (QED) is 0.838. The number of hydrogen-bond acceptors (Lipinski definition) is 3. The van der Waals surface area contributed by atoms with Gasteiger partial charge in [0.05, 0.1) is 0 Å². The molecule has 1 aliphatic heterocycles. The van der Waals surface area contributed by atoms with Crippen LogP contribution in [-0.4, -0.2) is 35.9 Å². The Balaban J connectivity index is 1.90. The third-order valence-electron chi connectivity index (χ3n) is 4.47. The molecule has 1 fully saturated rings. The molecule has 25 heavy (non-hydrogen) atoms. The van der Waals surface area contributed by atoms with Gasteiger partial charge < -0.3 is 10.6 Å². The predicted molar refractivity (Wildman–Crippen MR) is 102 cm³/mol. The lowest BCUT2D eigenvalue weighted by molar-refractivity contribution is -0.137. The number of hydrogen-bond donors (Lipinski definition) is 2. The van der Waals surface area contributed by atoms with Crippen molar-refractivity contribution in [2.45, 2.75) is 24.4 Å². The lowest BCUT2D eigenvalue weighted by atomic mass is 9.83. The molecule has 0 bridgehead atoms. The van der Waals surface area contributed by atoms with Crippen molar-refractivity contribution in [3.8, 4) is 0 Å². The molecule has 2 N–H and O–H groups in total. The molecular formula is C20H22N2O2S. The highest BCUT2D eigenvalue weighted by atomic mass is 32.2. The summed E-state index contributed by atoms with van der Waals surface area (Å²) in [6, 6.07) is 18.6. The number of amides is 2. The van der Waals surface area contributed by atoms with Gasteiger partial charge in [0, 0.05) is 5.92 Å². The van der Waals surface area contributed by atoms with E-state index in [0.29, 0.717) is 6.42 Å². The van der Waals surface area contributed by atoms with Crippen molar-refractivity contribution in [2.75, 3.05) is 12.0 Å². The second-order valence-electron chi connectivity index (χ2n) is 6.13. The van der Waals surface area contributed by atoms with Crippen molar-refractivity contribution in [1.82, 2.24) is 10.6 Å². The summed E-state index contributed by atoms with van der Waals surface area (Å²) in [5.41, 5.74) is 2.02. The molecule has 0 radical (unpaired) electrons. The van der Waals surface area contributed by atoms with Crippen LogP contribution in [0.5, 0.6) is 0 Å². The Morgan fingerprint density at radius 2 is 1.44 bits per heavy atom. The Morgan fingerprint density at radius 1 is 0.880 bits per heavy atom. The molecule has 0 aromatic heterocycles. The van der Waals surface area contributed by atoms with Crippen LogP contribution >= 0.6 is 11.8 Å². The fraction of sp³-hybridized carbons (Fsp3) is 0.300. The van der Waals surface area contributed by atoms with Crippen LogP contribution in [0.2, 0.25) is 0 Å². The van der Waals surface area contributed by atoms with Crippen LogP contribution in [0.3, 0.4) is 0 Å². The van der Waals surface area contributed by atoms with Crippen LogP contribution in [0.15, 0.2) is 60.7 Å². The minimum atomic E-state index is -0.608. The number of carbonyl (C=O) groups is 2. The van der Waals surface area contributed by atoms with Gasteiger partial charge in [-0.15, -0.1) is 0 Å². The molecule has 1 saturated heterocycles. The van der Waals surface area contributed by atoms with Crippen molar-refractivity contribution < 1.29 is 9.59 Å². The summed E-state index contributed by atoms with van der Waals surface area (Å²) in [5, 5.41) is 5.87. The highest BCUT2D eigenvalue weighted by Crippen LogP contribution is 2.29. The van der Waals surface area contributed by atoms with Crippen LogP contribution in [0.4, 0.5) is 0 Å². The van der Waals surface area contributed by atoms with E-state index in [9.17, 15) is 9.59 Å². The average molecular weight is 354 g/mol. The van der Waals surface area contributed by atoms with Gasteiger partial charge in [0.1, 0.15) is 12.1 Å². The topological polar surface area (TPSA) is 58.2 Å². The number of rotatable bonds is 6. The second kappa shape index (κ2) is 8.21. The van der Waals surface area contributed by atoms with Gasteiger partial charge in [-0.05, 0) is 29.6 Å². The Morgan fingerprint density at radius 3 is 1.96 bits per heavy atom. The predicted octanol–water partition coefficient (Wildman–Crippen LogP) is 2.55. The zero-order chi connectivity index (χ0) is 17.6. The Labute approximate surface area is 152 Å². The van der Waals surface area contributed by atoms with Crippen LogP contribution < -0.4 is 10.6 Å². The monoisotopic (exact) mass is 354 g/mol. The van der Waals surface area contributed by atoms with Crippen molar-refractivity contribution in [3.05, 3.63) is 71.8 Å². The summed E-state index contributed by atoms with van der Waals surface area (Å²) >= 11 is 1.67. The third kappa shape index (κ3) is 4.04. The Hall–Kier alpha value is -2.27. The smallest absolute Gasteiger partial charge is 0.244 e. The summed E-state index contributed by atoms with van der Waals surface area (Å²) in [4.78, 5) is 25.3. The van der Waals surface area contributed by atoms with Crippen LogP contribution in [0.1, 0.15) is 23.5 Å². The summed E-state index contributed by atoms with van der Waals surface area (Å²) in [5.74, 6) is 0.399. The van der Waals surface area contributed by atoms with Gasteiger partial charge in [0.15, 0.2) is 0 Å². The number of nitrogens with one attached hydrogen (secondary N) is 2. The maximum absolute atomic E-state index is 12.8. The molecule has 0 spiro atoms. The van der Waals surface area contributed by atoms with E-state index in [2.05, 4.69) is 10.6 Å². The van der Waals surface area contributed by atoms with Gasteiger partial charge in [0.2, 0.25) is 11.8 Å². The van der Waals surface area contributed by atoms with E-state index in [4.69, 9.17) is 0 Å². The van der Waals surface area contributed by atoms with Crippen molar-refractivity contribution in [1.29, 1.82) is 0 Å². The standard InChI is InChI=1S/C20H22N2O2S/c1-25-13-12-16-19(23)22-18(20(24)21-16)17(14-8-4-2-5-9-14)15-10-6-3-7-11-15/h2-11,16-18H,12-13H2,1H3,(H,21,24)(H,22,23)/t16-,18-/m1/s1. The molecule has 2 amide bonds. The summed E-state index contributed by atoms with van der Waals surface area (Å²) in [6.45, 7) is 0. The van der Waals surface area contributed by atoms with Gasteiger partial charge >= 0.3 is 0 Å². The second-order valence-corrected chi connectivity index (χ2v) is 7.11. The van der Waals surface area contributed by atoms with E-state index in [-0.39, 0.29) is 17.7 Å². The molecule has 2 aromatic carbocycles. The molecule has 4 nitrogen and oxygen atoms in total. The molecule has 130 valence electrons. The number of piperazine rings is 1. The molecular weight excluding hydrogens is 332 g/mol. The molecule has 5 heteroatoms. The molecule has 3 rings (SSSR count). The Kier molecular flexibility index (Phi) is 5.76. The number of thioether (sulfide) groups is 1. The van der Waals surface area contributed by atoms with Gasteiger partial charge in [-0.3, -0.25) is 9.59 Å². The lowest BCUT2D eigenvalue weighted by Gasteiger charge is -2.34. The fourth-order valence-electron chi connectivity index (χ4n) is 3.22. The minimum absolute atomic E-state index is 0.101. The van der Waals surface area contributed by atoms with Crippen LogP contribution in [-0.2, 0) is 9.59 Å². The third-order valence-corrected chi connectivity index (χ3v) is 5.12. The van der Waals surface area contributed by atoms with Gasteiger partial charge in [-0.1, -0.05) is 60.7 Å². The largest absolute Gasteiger partial charge is 0.342 e. The summed E-state index contributed by atoms with van der Waals surface area (Å²) < 4.78 is 0. The lowest BCUT2D eigenvalue weighted by Crippen LogP contribution is -2.63. The van der Waals surface area contributed by atoms with Gasteiger partial charge in [-0.25, -0.2) is 0 Å². The fourth-order valence-corrected chi connectivity index (χ4v) is 3.69. The highest BCUT2D eigenvalue weighted by molar-refractivity contribution is 7.98. The maximum Gasteiger partial charge on any atom is 0.244 e. The first-order chi connectivity index (χ1) is 12.2. The summed E-state index contributed by atoms with van der Waals surface area (Å²) in [7, 11) is 0. The normalized spacial score (nSPS) is 20.2. The van der Waals surface area contributed by atoms with Crippen molar-refractivity contribution >= 4 is 23.6 Å². The van der Waals surface area contributed by atoms with E-state index in [1.165, 1.54) is 0 Å². The zero-order valence-corrected chi connectivity index (χ0v) is 15.0. The summed E-state index contributed by atoms with van der Waals surface area (Å²) in [6.07, 6.45) is 2.64. The molecule has 1 aliphatic rings. The zero-order valence-electron chi connectivity index (χ0n) is 14.1. The van der Waals surface area contributed by atoms with E-state index >= 15 is 0 Å². The first-order valence-electron chi connectivity index (χ1n) is 8.40. The van der Waals surface area contributed by atoms with E-state index in [1.54, 1.807) is 11.8 Å². The molecule has 2 atom stereocenters. The van der Waals surface area contributed by atoms with Crippen molar-refractivity contribution in [3.63, 3.8) is 0 Å². The van der Waals surface area contributed by atoms with Crippen LogP contribution in [0.25, 0.3) is 0 Å². The number of carbonyl (C=O) groups excluding carboxylic acids is 2. The SMILES string of the molecule is CSCC[C@H]1NC(=O)[C@@H](C(c2ccccc2)c2ccccc2)NC1=O. The van der Waals surface area contributed by atoms with Crippen molar-refractivity contribution in [2.24, 2.45) is 0 Å². The molecule has 2 aromatic rings. The molecule has 0 aliphatic carbocycles. The maximum atomic E-state index is 12.8. The van der Waals surface area contributed by atoms with E-state index in [1.807, 2.05) is 66.9 Å². The number of benzene rings is 2. The van der Waals surface area contributed by atoms with Gasteiger partial charge in [0.25, 0.3) is 0 Å². The molecule has 1 heterocycles. The average Bonchev–Trinajstić information content (AvgIpc) is 2.65. The minimum Gasteiger partial charge on any atom is -0.342 e. The Bertz CT molecular complexity index is 681. The molecule has 0 saturated carbocycles. The van der Waals surface area contributed by atoms with Gasteiger partial charge in [-0.2, -0.15) is 11.8 Å². The van der Waals surface area contributed by atoms with Crippen LogP contribution in [0, 0.1) is 0 Å². The highest BCUT2D eigenvalue weighted by Gasteiger charge is 2.39. The first-order valence-corrected chi connectivity index (χ1v) is 9.79. The van der Waals surface area contributed by atoms with E-state index < -0.39 is 12.1 Å². The molecule has 0 unspecified atom stereocenters.